The van der Waals surface area contributed by atoms with E-state index in [1.165, 1.54) is 16.7 Å². The van der Waals surface area contributed by atoms with Crippen LogP contribution in [0.25, 0.3) is 10.8 Å². The lowest BCUT2D eigenvalue weighted by atomic mass is 10.2. The first-order chi connectivity index (χ1) is 15.1. The minimum atomic E-state index is -0.723. The van der Waals surface area contributed by atoms with E-state index >= 15 is 0 Å². The summed E-state index contributed by atoms with van der Waals surface area (Å²) >= 11 is 1.20. The van der Waals surface area contributed by atoms with Crippen LogP contribution in [0.1, 0.15) is 40.6 Å². The van der Waals surface area contributed by atoms with E-state index < -0.39 is 24.5 Å². The van der Waals surface area contributed by atoms with Gasteiger partial charge in [-0.1, -0.05) is 13.3 Å². The number of nitrogens with zero attached hydrogens (tertiary/aromatic N) is 3. The molecule has 0 bridgehead atoms. The Labute approximate surface area is 182 Å². The molecule has 31 heavy (non-hydrogen) atoms. The van der Waals surface area contributed by atoms with Crippen molar-refractivity contribution in [2.75, 3.05) is 18.5 Å². The Morgan fingerprint density at radius 3 is 2.48 bits per heavy atom. The summed E-state index contributed by atoms with van der Waals surface area (Å²) in [5.74, 6) is -1.25. The maximum Gasteiger partial charge on any atom is 0.358 e. The number of hydrogen-bond donors (Lipinski definition) is 1. The molecule has 3 aromatic rings. The van der Waals surface area contributed by atoms with Gasteiger partial charge < -0.3 is 14.8 Å². The van der Waals surface area contributed by atoms with Crippen molar-refractivity contribution in [2.24, 2.45) is 0 Å². The molecule has 1 N–H and O–H groups in total. The van der Waals surface area contributed by atoms with Crippen LogP contribution in [-0.4, -0.2) is 46.0 Å². The Hall–Kier alpha value is -3.66. The van der Waals surface area contributed by atoms with Crippen molar-refractivity contribution in [1.29, 1.82) is 0 Å². The number of nitrogens with one attached hydrogen (secondary N) is 1. The maximum absolute atomic E-state index is 12.1. The maximum atomic E-state index is 12.1. The lowest BCUT2D eigenvalue weighted by Gasteiger charge is -2.07. The number of esters is 2. The first-order valence-corrected chi connectivity index (χ1v) is 10.4. The van der Waals surface area contributed by atoms with Gasteiger partial charge in [0.25, 0.3) is 5.91 Å². The van der Waals surface area contributed by atoms with Gasteiger partial charge in [-0.15, -0.1) is 11.3 Å². The molecule has 9 nitrogen and oxygen atoms in total. The van der Waals surface area contributed by atoms with Crippen LogP contribution >= 0.6 is 11.3 Å². The summed E-state index contributed by atoms with van der Waals surface area (Å²) < 4.78 is 10.1. The van der Waals surface area contributed by atoms with Crippen molar-refractivity contribution >= 4 is 34.9 Å². The van der Waals surface area contributed by atoms with Gasteiger partial charge in [-0.2, -0.15) is 0 Å². The van der Waals surface area contributed by atoms with Gasteiger partial charge in [-0.3, -0.25) is 4.79 Å². The Bertz CT molecular complexity index is 1040. The zero-order chi connectivity index (χ0) is 22.1. The summed E-state index contributed by atoms with van der Waals surface area (Å²) in [6, 6.07) is 7.93. The highest BCUT2D eigenvalue weighted by Crippen LogP contribution is 2.20. The summed E-state index contributed by atoms with van der Waals surface area (Å²) in [4.78, 5) is 48.3. The molecule has 0 spiro atoms. The number of carbonyl (C=O) groups is 3. The Morgan fingerprint density at radius 1 is 1.03 bits per heavy atom. The molecule has 1 aromatic carbocycles. The molecule has 3 rings (SSSR count). The number of thiazole rings is 1. The minimum absolute atomic E-state index is 0.0752. The normalized spacial score (nSPS) is 10.4. The third-order valence-electron chi connectivity index (χ3n) is 3.94. The molecule has 2 heterocycles. The lowest BCUT2D eigenvalue weighted by molar-refractivity contribution is -0.119. The van der Waals surface area contributed by atoms with Crippen LogP contribution in [-0.2, 0) is 14.3 Å². The molecule has 10 heteroatoms. The topological polar surface area (TPSA) is 120 Å². The molecular formula is C21H20N4O5S. The van der Waals surface area contributed by atoms with Crippen molar-refractivity contribution in [3.8, 4) is 10.8 Å². The standard InChI is InChI=1S/C21H20N4O5S/c1-2-3-11-29-20(27)14-5-7-15(8-6-14)24-17(26)12-30-21(28)16-13-31-19(25-16)18-22-9-4-10-23-18/h4-10,13H,2-3,11-12H2,1H3,(H,24,26). The highest BCUT2D eigenvalue weighted by molar-refractivity contribution is 7.13. The number of unbranched alkanes of at least 4 members (excludes halogenated alkanes) is 1. The van der Waals surface area contributed by atoms with Gasteiger partial charge in [0.2, 0.25) is 0 Å². The molecule has 0 aliphatic carbocycles. The Kier molecular flexibility index (Phi) is 7.77. The summed E-state index contributed by atoms with van der Waals surface area (Å²) in [7, 11) is 0. The van der Waals surface area contributed by atoms with Crippen molar-refractivity contribution in [1.82, 2.24) is 15.0 Å². The monoisotopic (exact) mass is 440 g/mol. The summed E-state index contributed by atoms with van der Waals surface area (Å²) in [6.07, 6.45) is 4.90. The molecule has 2 aromatic heterocycles. The van der Waals surface area contributed by atoms with Gasteiger partial charge in [0.05, 0.1) is 12.2 Å². The van der Waals surface area contributed by atoms with Gasteiger partial charge in [-0.25, -0.2) is 24.5 Å². The zero-order valence-corrected chi connectivity index (χ0v) is 17.6. The van der Waals surface area contributed by atoms with Crippen LogP contribution in [0.2, 0.25) is 0 Å². The zero-order valence-electron chi connectivity index (χ0n) is 16.7. The van der Waals surface area contributed by atoms with E-state index in [2.05, 4.69) is 20.3 Å². The average molecular weight is 440 g/mol. The molecule has 1 amide bonds. The highest BCUT2D eigenvalue weighted by Gasteiger charge is 2.16. The van der Waals surface area contributed by atoms with Crippen molar-refractivity contribution in [3.63, 3.8) is 0 Å². The SMILES string of the molecule is CCCCOC(=O)c1ccc(NC(=O)COC(=O)c2csc(-c3ncccn3)n2)cc1. The van der Waals surface area contributed by atoms with Gasteiger partial charge >= 0.3 is 11.9 Å². The van der Waals surface area contributed by atoms with Crippen LogP contribution in [0.3, 0.4) is 0 Å². The number of hydrogen-bond acceptors (Lipinski definition) is 9. The average Bonchev–Trinajstić information content (AvgIpc) is 3.29. The van der Waals surface area contributed by atoms with E-state index in [1.54, 1.807) is 42.7 Å². The van der Waals surface area contributed by atoms with Crippen molar-refractivity contribution in [3.05, 3.63) is 59.4 Å². The summed E-state index contributed by atoms with van der Waals surface area (Å²) in [5.41, 5.74) is 0.928. The van der Waals surface area contributed by atoms with Crippen molar-refractivity contribution in [2.45, 2.75) is 19.8 Å². The predicted octanol–water partition coefficient (Wildman–Crippen LogP) is 3.35. The first kappa shape index (κ1) is 22.0. The van der Waals surface area contributed by atoms with Gasteiger partial charge in [0.1, 0.15) is 0 Å². The van der Waals surface area contributed by atoms with E-state index in [-0.39, 0.29) is 5.69 Å². The van der Waals surface area contributed by atoms with Crippen LogP contribution < -0.4 is 5.32 Å². The van der Waals surface area contributed by atoms with Gasteiger partial charge in [0, 0.05) is 23.5 Å². The Morgan fingerprint density at radius 2 is 1.77 bits per heavy atom. The number of anilines is 1. The van der Waals surface area contributed by atoms with Crippen LogP contribution in [0.15, 0.2) is 48.1 Å². The van der Waals surface area contributed by atoms with Crippen molar-refractivity contribution < 1.29 is 23.9 Å². The fourth-order valence-corrected chi connectivity index (χ4v) is 3.10. The number of carbonyl (C=O) groups excluding carboxylic acids is 3. The summed E-state index contributed by atoms with van der Waals surface area (Å²) in [6.45, 7) is 1.91. The fraction of sp³-hybridized carbons (Fsp3) is 0.238. The minimum Gasteiger partial charge on any atom is -0.462 e. The molecule has 0 unspecified atom stereocenters. The van der Waals surface area contributed by atoms with E-state index in [9.17, 15) is 14.4 Å². The molecule has 160 valence electrons. The lowest BCUT2D eigenvalue weighted by Crippen LogP contribution is -2.21. The molecule has 0 saturated heterocycles. The largest absolute Gasteiger partial charge is 0.462 e. The third-order valence-corrected chi connectivity index (χ3v) is 4.78. The second-order valence-corrected chi connectivity index (χ2v) is 7.16. The van der Waals surface area contributed by atoms with E-state index in [1.807, 2.05) is 6.92 Å². The highest BCUT2D eigenvalue weighted by atomic mass is 32.1. The molecular weight excluding hydrogens is 420 g/mol. The van der Waals surface area contributed by atoms with E-state index in [0.29, 0.717) is 28.7 Å². The molecule has 0 fully saturated rings. The number of rotatable bonds is 9. The van der Waals surface area contributed by atoms with Gasteiger partial charge in [0.15, 0.2) is 23.1 Å². The van der Waals surface area contributed by atoms with Crippen LogP contribution in [0.5, 0.6) is 0 Å². The quantitative estimate of drug-likeness (QED) is 0.397. The Balaban J connectivity index is 1.47. The molecule has 0 radical (unpaired) electrons. The first-order valence-electron chi connectivity index (χ1n) is 9.54. The van der Waals surface area contributed by atoms with Gasteiger partial charge in [-0.05, 0) is 36.8 Å². The second-order valence-electron chi connectivity index (χ2n) is 6.30. The number of ether oxygens (including phenoxy) is 2. The number of amides is 1. The van der Waals surface area contributed by atoms with E-state index in [0.717, 1.165) is 12.8 Å². The molecule has 0 aliphatic rings. The summed E-state index contributed by atoms with van der Waals surface area (Å²) in [5, 5.41) is 4.59. The second kappa shape index (κ2) is 10.9. The number of aromatic nitrogens is 3. The molecule has 0 atom stereocenters. The van der Waals surface area contributed by atoms with Crippen LogP contribution in [0, 0.1) is 0 Å². The molecule has 0 aliphatic heterocycles. The fourth-order valence-electron chi connectivity index (χ4n) is 2.36. The van der Waals surface area contributed by atoms with E-state index in [4.69, 9.17) is 9.47 Å². The smallest absolute Gasteiger partial charge is 0.358 e. The molecule has 0 saturated carbocycles. The van der Waals surface area contributed by atoms with Crippen LogP contribution in [0.4, 0.5) is 5.69 Å². The predicted molar refractivity (Wildman–Crippen MR) is 114 cm³/mol. The number of benzene rings is 1. The third kappa shape index (κ3) is 6.41.